The summed E-state index contributed by atoms with van der Waals surface area (Å²) in [7, 11) is 0. The molecule has 0 N–H and O–H groups in total. The molecule has 0 spiro atoms. The summed E-state index contributed by atoms with van der Waals surface area (Å²) < 4.78 is 0. The van der Waals surface area contributed by atoms with Crippen LogP contribution in [0.4, 0.5) is 34.1 Å². The van der Waals surface area contributed by atoms with Crippen molar-refractivity contribution in [2.24, 2.45) is 0 Å². The zero-order valence-corrected chi connectivity index (χ0v) is 72.1. The minimum absolute atomic E-state index is 0.260. The van der Waals surface area contributed by atoms with E-state index < -0.39 is 0 Å². The van der Waals surface area contributed by atoms with Gasteiger partial charge in [-0.2, -0.15) is 0 Å². The van der Waals surface area contributed by atoms with Gasteiger partial charge in [-0.3, -0.25) is 0 Å². The first-order valence-electron chi connectivity index (χ1n) is 43.1. The molecule has 1 unspecified atom stereocenters. The molecule has 0 saturated carbocycles. The van der Waals surface area contributed by atoms with Crippen molar-refractivity contribution < 1.29 is 0 Å². The second kappa shape index (κ2) is 33.9. The van der Waals surface area contributed by atoms with E-state index in [-0.39, 0.29) is 5.92 Å². The molecule has 0 aromatic heterocycles. The van der Waals surface area contributed by atoms with E-state index in [1.807, 2.05) is 0 Å². The predicted octanol–water partition coefficient (Wildman–Crippen LogP) is 33.9. The van der Waals surface area contributed by atoms with Crippen LogP contribution in [-0.2, 0) is 0 Å². The van der Waals surface area contributed by atoms with E-state index >= 15 is 0 Å². The summed E-state index contributed by atoms with van der Waals surface area (Å²) in [6, 6.07) is 133. The van der Waals surface area contributed by atoms with Crippen molar-refractivity contribution in [3.05, 3.63) is 455 Å². The van der Waals surface area contributed by atoms with Gasteiger partial charge >= 0.3 is 0 Å². The maximum Gasteiger partial charge on any atom is 0.0467 e. The second-order valence-electron chi connectivity index (χ2n) is 33.2. The largest absolute Gasteiger partial charge is 0.310 e. The van der Waals surface area contributed by atoms with Crippen molar-refractivity contribution in [3.63, 3.8) is 0 Å². The van der Waals surface area contributed by atoms with E-state index in [9.17, 15) is 0 Å². The fraction of sp³-hybridized carbons (Fsp3) is 0.117. The third kappa shape index (κ3) is 14.6. The molecule has 1 atom stereocenters. The molecule has 18 rings (SSSR count). The van der Waals surface area contributed by atoms with Crippen LogP contribution in [0.25, 0.3) is 134 Å². The van der Waals surface area contributed by atoms with Gasteiger partial charge in [-0.15, -0.1) is 0 Å². The molecule has 1 aliphatic rings. The van der Waals surface area contributed by atoms with Crippen LogP contribution in [0.2, 0.25) is 0 Å². The fourth-order valence-electron chi connectivity index (χ4n) is 20.9. The van der Waals surface area contributed by atoms with Crippen molar-refractivity contribution in [1.29, 1.82) is 0 Å². The average molecular weight is 1570 g/mol. The van der Waals surface area contributed by atoms with Crippen molar-refractivity contribution >= 4 is 34.1 Å². The van der Waals surface area contributed by atoms with Crippen LogP contribution in [0.5, 0.6) is 0 Å². The van der Waals surface area contributed by atoms with Gasteiger partial charge in [0.2, 0.25) is 0 Å². The minimum atomic E-state index is 0.260. The van der Waals surface area contributed by atoms with Crippen LogP contribution in [0.15, 0.2) is 382 Å². The predicted molar refractivity (Wildman–Crippen MR) is 524 cm³/mol. The highest BCUT2D eigenvalue weighted by atomic mass is 15.1. The summed E-state index contributed by atoms with van der Waals surface area (Å²) in [5.74, 6) is 0.260. The SMILES string of the molecule is Cc1c(-c2ccccc2)c(C)c(-c2cccc(N(c3ccc(-c4ccc(N(c5cccc(-c6c(C)c(-c7ccccc7)c(C)c(-c7ccccc7)c6C)c5)c5cccc(-c6c(C)c(-c7ccccc7)c(C)c(C7C=CC=CC7)c6C)c5)cc4)cc3)c3cccc(-c4c(C)c(-c5ccccc5)c(C)c(-c5ccccc5)c4C)c3)c2)c(C)c1-c1ccccc1. The van der Waals surface area contributed by atoms with Gasteiger partial charge in [0, 0.05) is 40.0 Å². The number of nitrogens with zero attached hydrogens (tertiary/aromatic N) is 2. The Balaban J connectivity index is 0.791. The number of rotatable bonds is 19. The summed E-state index contributed by atoms with van der Waals surface area (Å²) in [6.45, 7) is 27.9. The number of allylic oxidation sites excluding steroid dienone is 4. The van der Waals surface area contributed by atoms with Gasteiger partial charge in [0.1, 0.15) is 0 Å². The molecule has 0 radical (unpaired) electrons. The number of hydrogen-bond acceptors (Lipinski definition) is 2. The van der Waals surface area contributed by atoms with Gasteiger partial charge < -0.3 is 9.80 Å². The van der Waals surface area contributed by atoms with Gasteiger partial charge in [0.15, 0.2) is 0 Å². The second-order valence-corrected chi connectivity index (χ2v) is 33.2. The van der Waals surface area contributed by atoms with Gasteiger partial charge in [0.25, 0.3) is 0 Å². The molecule has 0 fully saturated rings. The molecule has 122 heavy (non-hydrogen) atoms. The van der Waals surface area contributed by atoms with Crippen LogP contribution in [-0.4, -0.2) is 0 Å². The average Bonchev–Trinajstić information content (AvgIpc) is 0.756. The quantitative estimate of drug-likeness (QED) is 0.0796. The monoisotopic (exact) mass is 1570 g/mol. The zero-order valence-electron chi connectivity index (χ0n) is 72.1. The number of anilines is 6. The molecule has 592 valence electrons. The Kier molecular flexibility index (Phi) is 21.9. The minimum Gasteiger partial charge on any atom is -0.310 e. The summed E-state index contributed by atoms with van der Waals surface area (Å²) in [4.78, 5) is 4.96. The first-order valence-corrected chi connectivity index (χ1v) is 43.1. The van der Waals surface area contributed by atoms with E-state index in [4.69, 9.17) is 0 Å². The topological polar surface area (TPSA) is 6.48 Å². The van der Waals surface area contributed by atoms with Gasteiger partial charge in [-0.25, -0.2) is 0 Å². The molecular weight excluding hydrogens is 1470 g/mol. The lowest BCUT2D eigenvalue weighted by Crippen LogP contribution is -2.11. The highest BCUT2D eigenvalue weighted by Crippen LogP contribution is 2.52. The Morgan fingerprint density at radius 1 is 0.172 bits per heavy atom. The molecule has 2 heteroatoms. The van der Waals surface area contributed by atoms with Crippen LogP contribution in [0.1, 0.15) is 84.7 Å². The van der Waals surface area contributed by atoms with E-state index in [1.54, 1.807) is 0 Å². The summed E-state index contributed by atoms with van der Waals surface area (Å²) in [5.41, 5.74) is 52.6. The Bertz CT molecular complexity index is 6450. The first kappa shape index (κ1) is 79.0. The molecule has 0 heterocycles. The summed E-state index contributed by atoms with van der Waals surface area (Å²) in [6.07, 6.45) is 10.1. The summed E-state index contributed by atoms with van der Waals surface area (Å²) >= 11 is 0. The Morgan fingerprint density at radius 2 is 0.369 bits per heavy atom. The van der Waals surface area contributed by atoms with Gasteiger partial charge in [-0.05, 0) is 368 Å². The molecule has 0 amide bonds. The van der Waals surface area contributed by atoms with E-state index in [0.29, 0.717) is 0 Å². The molecule has 1 aliphatic carbocycles. The number of hydrogen-bond donors (Lipinski definition) is 0. The molecule has 0 bridgehead atoms. The highest BCUT2D eigenvalue weighted by Gasteiger charge is 2.30. The highest BCUT2D eigenvalue weighted by molar-refractivity contribution is 5.98. The lowest BCUT2D eigenvalue weighted by atomic mass is 9.77. The molecule has 17 aromatic rings. The third-order valence-electron chi connectivity index (χ3n) is 26.0. The van der Waals surface area contributed by atoms with Crippen molar-refractivity contribution in [2.45, 2.75) is 95.4 Å². The van der Waals surface area contributed by atoms with E-state index in [2.05, 4.69) is 475 Å². The Labute approximate surface area is 722 Å². The molecular formula is C120H102N2. The Morgan fingerprint density at radius 3 is 0.582 bits per heavy atom. The number of benzene rings is 17. The molecule has 0 saturated heterocycles. The van der Waals surface area contributed by atoms with Crippen LogP contribution >= 0.6 is 0 Å². The van der Waals surface area contributed by atoms with E-state index in [1.165, 1.54) is 184 Å². The van der Waals surface area contributed by atoms with Crippen molar-refractivity contribution in [2.75, 3.05) is 9.80 Å². The third-order valence-corrected chi connectivity index (χ3v) is 26.0. The summed E-state index contributed by atoms with van der Waals surface area (Å²) in [5, 5.41) is 0. The molecule has 2 nitrogen and oxygen atoms in total. The standard InChI is InChI=1S/C120H102N2/c1-77-109(91-41-21-13-22-42-91)81(5)117(82(6)110(77)92-43-23-14-24-44-92)99-57-37-61-105(73-99)121(106-62-38-58-100(74-106)118-83(7)111(93-45-25-15-26-46-93)78(2)112(84(118)8)94-47-27-16-28-48-94)103-69-65-89(66-70-103)90-67-71-104(72-68-90)122(107-63-39-59-101(75-107)119-85(9)113(95-49-29-17-30-50-95)79(3)114(86(119)10)96-51-31-18-32-52-96)108-64-40-60-102(76-108)120-87(11)115(97-53-33-19-34-54-97)80(4)116(88(120)12)98-55-35-20-36-56-98/h13-55,57-76,98H,56H2,1-12H3. The lowest BCUT2D eigenvalue weighted by molar-refractivity contribution is 0.836. The zero-order chi connectivity index (χ0) is 83.8. The van der Waals surface area contributed by atoms with Crippen molar-refractivity contribution in [1.82, 2.24) is 0 Å². The fourth-order valence-corrected chi connectivity index (χ4v) is 20.9. The Hall–Kier alpha value is -14.2. The normalized spacial score (nSPS) is 12.4. The van der Waals surface area contributed by atoms with Crippen LogP contribution < -0.4 is 9.80 Å². The van der Waals surface area contributed by atoms with Crippen molar-refractivity contribution in [3.8, 4) is 134 Å². The molecule has 17 aromatic carbocycles. The first-order chi connectivity index (χ1) is 59.6. The smallest absolute Gasteiger partial charge is 0.0467 e. The molecule has 0 aliphatic heterocycles. The van der Waals surface area contributed by atoms with Gasteiger partial charge in [-0.1, -0.05) is 309 Å². The maximum atomic E-state index is 2.48. The van der Waals surface area contributed by atoms with Crippen LogP contribution in [0.3, 0.4) is 0 Å². The van der Waals surface area contributed by atoms with Gasteiger partial charge in [0.05, 0.1) is 0 Å². The maximum absolute atomic E-state index is 2.48. The van der Waals surface area contributed by atoms with Crippen LogP contribution in [0, 0.1) is 83.1 Å². The van der Waals surface area contributed by atoms with E-state index in [0.717, 1.165) is 62.8 Å². The lowest BCUT2D eigenvalue weighted by Gasteiger charge is -2.29.